The zero-order valence-corrected chi connectivity index (χ0v) is 19.1. The molecule has 2 unspecified atom stereocenters. The van der Waals surface area contributed by atoms with Gasteiger partial charge in [0.25, 0.3) is 0 Å². The number of amides is 3. The molecule has 9 nitrogen and oxygen atoms in total. The molecule has 176 valence electrons. The lowest BCUT2D eigenvalue weighted by Crippen LogP contribution is -2.34. The van der Waals surface area contributed by atoms with Gasteiger partial charge in [-0.3, -0.25) is 14.5 Å². The third-order valence-corrected chi connectivity index (χ3v) is 5.72. The minimum absolute atomic E-state index is 0.0224. The highest BCUT2D eigenvalue weighted by atomic mass is 16.5. The van der Waals surface area contributed by atoms with Gasteiger partial charge in [-0.25, -0.2) is 4.79 Å². The van der Waals surface area contributed by atoms with Gasteiger partial charge in [0.2, 0.25) is 5.91 Å². The number of benzene rings is 2. The summed E-state index contributed by atoms with van der Waals surface area (Å²) in [4.78, 5) is 37.3. The molecule has 1 aliphatic rings. The monoisotopic (exact) mass is 454 g/mol. The number of rotatable bonds is 8. The minimum Gasteiger partial charge on any atom is -0.495 e. The van der Waals surface area contributed by atoms with Gasteiger partial charge in [-0.05, 0) is 55.1 Å². The number of carboxylic acids is 1. The maximum Gasteiger partial charge on any atom is 0.323 e. The second-order valence-electron chi connectivity index (χ2n) is 8.21. The zero-order chi connectivity index (χ0) is 24.0. The van der Waals surface area contributed by atoms with E-state index in [-0.39, 0.29) is 24.4 Å². The first-order valence-corrected chi connectivity index (χ1v) is 10.8. The van der Waals surface area contributed by atoms with Crippen molar-refractivity contribution in [3.63, 3.8) is 0 Å². The second kappa shape index (κ2) is 10.8. The van der Waals surface area contributed by atoms with Gasteiger partial charge in [-0.15, -0.1) is 0 Å². The molecule has 1 fully saturated rings. The smallest absolute Gasteiger partial charge is 0.323 e. The van der Waals surface area contributed by atoms with Gasteiger partial charge in [0.15, 0.2) is 0 Å². The standard InChI is InChI=1S/C24H30N4O5/c1-15-6-4-5-7-19(15)26-24(32)27-20-9-8-17(12-21(20)33-3)23(25-16(2)29)18-10-11-28(13-18)14-22(30)31/h4-9,12,18,23H,10-11,13-14H2,1-3H3,(H,25,29)(H,30,31)(H2,26,27,32). The minimum atomic E-state index is -0.868. The predicted octanol–water partition coefficient (Wildman–Crippen LogP) is 3.23. The van der Waals surface area contributed by atoms with Crippen LogP contribution in [-0.4, -0.2) is 54.7 Å². The van der Waals surface area contributed by atoms with Gasteiger partial charge >= 0.3 is 12.0 Å². The molecule has 4 N–H and O–H groups in total. The number of carbonyl (C=O) groups excluding carboxylic acids is 2. The highest BCUT2D eigenvalue weighted by Gasteiger charge is 2.32. The molecular weight excluding hydrogens is 424 g/mol. The normalized spacial score (nSPS) is 16.6. The number of para-hydroxylation sites is 1. The summed E-state index contributed by atoms with van der Waals surface area (Å²) in [7, 11) is 1.51. The van der Waals surface area contributed by atoms with Gasteiger partial charge in [0.05, 0.1) is 25.4 Å². The molecule has 0 bridgehead atoms. The molecular formula is C24H30N4O5. The fourth-order valence-electron chi connectivity index (χ4n) is 4.16. The summed E-state index contributed by atoms with van der Waals surface area (Å²) in [6.07, 6.45) is 0.763. The summed E-state index contributed by atoms with van der Waals surface area (Å²) in [6, 6.07) is 12.2. The number of nitrogens with zero attached hydrogens (tertiary/aromatic N) is 1. The Balaban J connectivity index is 1.76. The maximum atomic E-state index is 12.5. The number of methoxy groups -OCH3 is 1. The lowest BCUT2D eigenvalue weighted by molar-refractivity contribution is -0.138. The molecule has 33 heavy (non-hydrogen) atoms. The van der Waals surface area contributed by atoms with E-state index in [4.69, 9.17) is 9.84 Å². The fraction of sp³-hybridized carbons (Fsp3) is 0.375. The molecule has 3 amide bonds. The molecule has 1 heterocycles. The Kier molecular flexibility index (Phi) is 7.89. The van der Waals surface area contributed by atoms with Crippen LogP contribution in [-0.2, 0) is 9.59 Å². The van der Waals surface area contributed by atoms with Crippen LogP contribution in [0.15, 0.2) is 42.5 Å². The van der Waals surface area contributed by atoms with Gasteiger partial charge < -0.3 is 25.8 Å². The molecule has 0 aliphatic carbocycles. The first kappa shape index (κ1) is 24.1. The summed E-state index contributed by atoms with van der Waals surface area (Å²) >= 11 is 0. The molecule has 0 aromatic heterocycles. The molecule has 1 aliphatic heterocycles. The van der Waals surface area contributed by atoms with E-state index in [2.05, 4.69) is 16.0 Å². The molecule has 2 aromatic rings. The van der Waals surface area contributed by atoms with Crippen LogP contribution in [0, 0.1) is 12.8 Å². The van der Waals surface area contributed by atoms with E-state index in [1.807, 2.05) is 42.2 Å². The molecule has 0 radical (unpaired) electrons. The maximum absolute atomic E-state index is 12.5. The molecule has 0 spiro atoms. The van der Waals surface area contributed by atoms with E-state index in [9.17, 15) is 14.4 Å². The van der Waals surface area contributed by atoms with E-state index >= 15 is 0 Å². The van der Waals surface area contributed by atoms with E-state index in [0.29, 0.717) is 30.2 Å². The number of aryl methyl sites for hydroxylation is 1. The largest absolute Gasteiger partial charge is 0.495 e. The first-order chi connectivity index (χ1) is 15.8. The van der Waals surface area contributed by atoms with E-state index in [0.717, 1.165) is 17.5 Å². The Bertz CT molecular complexity index is 1030. The number of anilines is 2. The van der Waals surface area contributed by atoms with Crippen molar-refractivity contribution in [2.45, 2.75) is 26.3 Å². The number of carboxylic acid groups (broad SMARTS) is 1. The van der Waals surface area contributed by atoms with Crippen LogP contribution in [0.25, 0.3) is 0 Å². The third-order valence-electron chi connectivity index (χ3n) is 5.72. The lowest BCUT2D eigenvalue weighted by Gasteiger charge is -2.26. The highest BCUT2D eigenvalue weighted by Crippen LogP contribution is 2.34. The SMILES string of the molecule is COc1cc(C(NC(C)=O)C2CCN(CC(=O)O)C2)ccc1NC(=O)Nc1ccccc1C. The molecule has 1 saturated heterocycles. The number of aliphatic carboxylic acids is 1. The quantitative estimate of drug-likeness (QED) is 0.486. The van der Waals surface area contributed by atoms with Gasteiger partial charge in [0.1, 0.15) is 5.75 Å². The van der Waals surface area contributed by atoms with Gasteiger partial charge in [0, 0.05) is 19.2 Å². The van der Waals surface area contributed by atoms with Crippen molar-refractivity contribution < 1.29 is 24.2 Å². The lowest BCUT2D eigenvalue weighted by atomic mass is 9.91. The highest BCUT2D eigenvalue weighted by molar-refractivity contribution is 6.01. The van der Waals surface area contributed by atoms with E-state index in [1.165, 1.54) is 14.0 Å². The van der Waals surface area contributed by atoms with Crippen LogP contribution >= 0.6 is 0 Å². The predicted molar refractivity (Wildman–Crippen MR) is 126 cm³/mol. The van der Waals surface area contributed by atoms with Crippen LogP contribution in [0.1, 0.15) is 30.5 Å². The van der Waals surface area contributed by atoms with Crippen LogP contribution in [0.2, 0.25) is 0 Å². The van der Waals surface area contributed by atoms with E-state index in [1.54, 1.807) is 12.1 Å². The van der Waals surface area contributed by atoms with Crippen molar-refractivity contribution in [1.29, 1.82) is 0 Å². The Morgan fingerprint density at radius 1 is 1.15 bits per heavy atom. The van der Waals surface area contributed by atoms with Crippen molar-refractivity contribution in [1.82, 2.24) is 10.2 Å². The summed E-state index contributed by atoms with van der Waals surface area (Å²) in [6.45, 7) is 4.57. The zero-order valence-electron chi connectivity index (χ0n) is 19.1. The average Bonchev–Trinajstić information content (AvgIpc) is 3.21. The Morgan fingerprint density at radius 3 is 2.55 bits per heavy atom. The van der Waals surface area contributed by atoms with Crippen molar-refractivity contribution in [3.8, 4) is 5.75 Å². The van der Waals surface area contributed by atoms with Gasteiger partial charge in [-0.2, -0.15) is 0 Å². The summed E-state index contributed by atoms with van der Waals surface area (Å²) in [5.41, 5.74) is 2.98. The Labute approximate surface area is 193 Å². The molecule has 0 saturated carbocycles. The third kappa shape index (κ3) is 6.45. The van der Waals surface area contributed by atoms with Crippen molar-refractivity contribution in [3.05, 3.63) is 53.6 Å². The Hall–Kier alpha value is -3.59. The summed E-state index contributed by atoms with van der Waals surface area (Å²) < 4.78 is 5.51. The number of hydrogen-bond donors (Lipinski definition) is 4. The average molecular weight is 455 g/mol. The summed E-state index contributed by atoms with van der Waals surface area (Å²) in [5.74, 6) is -0.521. The Morgan fingerprint density at radius 2 is 1.88 bits per heavy atom. The topological polar surface area (TPSA) is 120 Å². The molecule has 2 aromatic carbocycles. The van der Waals surface area contributed by atoms with E-state index < -0.39 is 12.0 Å². The number of hydrogen-bond acceptors (Lipinski definition) is 5. The van der Waals surface area contributed by atoms with Gasteiger partial charge in [-0.1, -0.05) is 24.3 Å². The fourth-order valence-corrected chi connectivity index (χ4v) is 4.16. The van der Waals surface area contributed by atoms with Crippen molar-refractivity contribution in [2.24, 2.45) is 5.92 Å². The number of nitrogens with one attached hydrogen (secondary N) is 3. The number of ether oxygens (including phenoxy) is 1. The van der Waals surface area contributed by atoms with Crippen molar-refractivity contribution in [2.75, 3.05) is 37.4 Å². The number of urea groups is 1. The van der Waals surface area contributed by atoms with Crippen LogP contribution in [0.4, 0.5) is 16.2 Å². The summed E-state index contributed by atoms with van der Waals surface area (Å²) in [5, 5.41) is 17.7. The first-order valence-electron chi connectivity index (χ1n) is 10.8. The molecule has 2 atom stereocenters. The molecule has 9 heteroatoms. The number of likely N-dealkylation sites (tertiary alicyclic amines) is 1. The van der Waals surface area contributed by atoms with Crippen LogP contribution in [0.5, 0.6) is 5.75 Å². The molecule has 3 rings (SSSR count). The number of carbonyl (C=O) groups is 3. The second-order valence-corrected chi connectivity index (χ2v) is 8.21. The van der Waals surface area contributed by atoms with Crippen LogP contribution < -0.4 is 20.7 Å². The van der Waals surface area contributed by atoms with Crippen LogP contribution in [0.3, 0.4) is 0 Å². The van der Waals surface area contributed by atoms with Crippen molar-refractivity contribution >= 4 is 29.3 Å².